The van der Waals surface area contributed by atoms with Crippen LogP contribution in [-0.2, 0) is 16.0 Å². The number of hydrogen-bond acceptors (Lipinski definition) is 4. The van der Waals surface area contributed by atoms with Crippen LogP contribution in [-0.4, -0.2) is 24.3 Å². The van der Waals surface area contributed by atoms with E-state index in [1.807, 2.05) is 12.3 Å². The van der Waals surface area contributed by atoms with Crippen LogP contribution >= 0.6 is 0 Å². The summed E-state index contributed by atoms with van der Waals surface area (Å²) < 4.78 is 10.7. The van der Waals surface area contributed by atoms with Crippen molar-refractivity contribution in [2.45, 2.75) is 45.4 Å². The van der Waals surface area contributed by atoms with E-state index in [0.29, 0.717) is 12.5 Å². The van der Waals surface area contributed by atoms with Crippen molar-refractivity contribution in [3.05, 3.63) is 35.8 Å². The van der Waals surface area contributed by atoms with Crippen molar-refractivity contribution in [3.8, 4) is 0 Å². The van der Waals surface area contributed by atoms with Crippen molar-refractivity contribution < 1.29 is 19.1 Å². The molecule has 2 aliphatic carbocycles. The lowest BCUT2D eigenvalue weighted by Crippen LogP contribution is -2.53. The predicted molar refractivity (Wildman–Crippen MR) is 89.1 cm³/mol. The molecule has 1 spiro atoms. The van der Waals surface area contributed by atoms with Gasteiger partial charge in [0.15, 0.2) is 0 Å². The van der Waals surface area contributed by atoms with Gasteiger partial charge in [-0.25, -0.2) is 4.79 Å². The molecule has 0 amide bonds. The molecular weight excluding hydrogens is 304 g/mol. The molecule has 4 atom stereocenters. The highest BCUT2D eigenvalue weighted by atomic mass is 16.5. The van der Waals surface area contributed by atoms with Crippen LogP contribution in [0.5, 0.6) is 0 Å². The van der Waals surface area contributed by atoms with Gasteiger partial charge in [-0.15, -0.1) is 0 Å². The third kappa shape index (κ3) is 2.19. The minimum Gasteiger partial charge on any atom is -0.472 e. The molecule has 4 unspecified atom stereocenters. The Balaban J connectivity index is 1.67. The molecular formula is C20H26O4. The number of carbonyl (C=O) groups is 1. The second-order valence-electron chi connectivity index (χ2n) is 8.04. The van der Waals surface area contributed by atoms with Crippen molar-refractivity contribution in [3.63, 3.8) is 0 Å². The highest BCUT2D eigenvalue weighted by molar-refractivity contribution is 5.92. The number of allylic oxidation sites excluding steroid dienone is 1. The molecule has 2 heterocycles. The van der Waals surface area contributed by atoms with E-state index in [4.69, 9.17) is 9.15 Å². The number of furan rings is 1. The van der Waals surface area contributed by atoms with Gasteiger partial charge in [-0.1, -0.05) is 13.0 Å². The maximum atomic E-state index is 12.2. The third-order valence-corrected chi connectivity index (χ3v) is 7.11. The Morgan fingerprint density at radius 2 is 2.25 bits per heavy atom. The zero-order valence-corrected chi connectivity index (χ0v) is 14.3. The van der Waals surface area contributed by atoms with Gasteiger partial charge in [0.25, 0.3) is 0 Å². The minimum atomic E-state index is -0.119. The van der Waals surface area contributed by atoms with E-state index in [9.17, 15) is 9.90 Å². The number of rotatable bonds is 4. The van der Waals surface area contributed by atoms with Crippen molar-refractivity contribution in [2.75, 3.05) is 13.2 Å². The molecule has 1 aromatic rings. The number of aryl methyl sites for hydroxylation is 1. The van der Waals surface area contributed by atoms with Crippen molar-refractivity contribution in [1.29, 1.82) is 0 Å². The van der Waals surface area contributed by atoms with Gasteiger partial charge in [0.05, 0.1) is 12.5 Å². The summed E-state index contributed by atoms with van der Waals surface area (Å²) in [4.78, 5) is 12.2. The fourth-order valence-electron chi connectivity index (χ4n) is 5.71. The predicted octanol–water partition coefficient (Wildman–Crippen LogP) is 3.50. The molecule has 4 heteroatoms. The second-order valence-corrected chi connectivity index (χ2v) is 8.04. The monoisotopic (exact) mass is 330 g/mol. The molecule has 1 aromatic heterocycles. The van der Waals surface area contributed by atoms with Crippen LogP contribution in [0.25, 0.3) is 0 Å². The highest BCUT2D eigenvalue weighted by Crippen LogP contribution is 2.63. The smallest absolute Gasteiger partial charge is 0.334 e. The number of cyclic esters (lactones) is 1. The molecule has 1 aliphatic heterocycles. The van der Waals surface area contributed by atoms with Gasteiger partial charge < -0.3 is 14.3 Å². The average molecular weight is 330 g/mol. The first kappa shape index (κ1) is 15.9. The topological polar surface area (TPSA) is 59.7 Å². The van der Waals surface area contributed by atoms with Gasteiger partial charge in [0.1, 0.15) is 6.61 Å². The van der Waals surface area contributed by atoms with Crippen LogP contribution in [0.15, 0.2) is 34.7 Å². The molecule has 1 N–H and O–H groups in total. The SMILES string of the molecule is CC1(CCc2ccoc2)C(CO)CCC23COC(=O)C2=CCCC31. The maximum absolute atomic E-state index is 12.2. The van der Waals surface area contributed by atoms with Gasteiger partial charge in [-0.2, -0.15) is 0 Å². The van der Waals surface area contributed by atoms with Crippen LogP contribution in [0.1, 0.15) is 44.6 Å². The summed E-state index contributed by atoms with van der Waals surface area (Å²) in [5, 5.41) is 10.0. The molecule has 130 valence electrons. The lowest BCUT2D eigenvalue weighted by molar-refractivity contribution is -0.135. The van der Waals surface area contributed by atoms with Crippen LogP contribution in [0.2, 0.25) is 0 Å². The summed E-state index contributed by atoms with van der Waals surface area (Å²) >= 11 is 0. The number of carbonyl (C=O) groups excluding carboxylic acids is 1. The van der Waals surface area contributed by atoms with Crippen LogP contribution in [0, 0.1) is 22.7 Å². The number of ether oxygens (including phenoxy) is 1. The second kappa shape index (κ2) is 5.76. The largest absolute Gasteiger partial charge is 0.472 e. The van der Waals surface area contributed by atoms with E-state index in [2.05, 4.69) is 13.0 Å². The van der Waals surface area contributed by atoms with Gasteiger partial charge in [0.2, 0.25) is 0 Å². The maximum Gasteiger partial charge on any atom is 0.334 e. The molecule has 0 aromatic carbocycles. The summed E-state index contributed by atoms with van der Waals surface area (Å²) in [5.41, 5.74) is 2.02. The Morgan fingerprint density at radius 1 is 1.38 bits per heavy atom. The first-order chi connectivity index (χ1) is 11.6. The summed E-state index contributed by atoms with van der Waals surface area (Å²) in [7, 11) is 0. The fourth-order valence-corrected chi connectivity index (χ4v) is 5.71. The lowest BCUT2D eigenvalue weighted by Gasteiger charge is -2.56. The molecule has 24 heavy (non-hydrogen) atoms. The van der Waals surface area contributed by atoms with Crippen LogP contribution in [0.3, 0.4) is 0 Å². The molecule has 1 saturated heterocycles. The van der Waals surface area contributed by atoms with E-state index in [-0.39, 0.29) is 29.3 Å². The lowest BCUT2D eigenvalue weighted by atomic mass is 9.46. The third-order valence-electron chi connectivity index (χ3n) is 7.11. The summed E-state index contributed by atoms with van der Waals surface area (Å²) in [6, 6.07) is 2.02. The zero-order valence-electron chi connectivity index (χ0n) is 14.3. The van der Waals surface area contributed by atoms with Crippen molar-refractivity contribution in [2.24, 2.45) is 22.7 Å². The standard InChI is InChI=1S/C20H26O4/c1-19(8-5-14-7-10-23-12-14)15(11-21)6-9-20-13-24-18(22)16(20)3-2-4-17(19)20/h3,7,10,12,15,17,21H,2,4-6,8-9,11,13H2,1H3. The zero-order chi connectivity index (χ0) is 16.8. The minimum absolute atomic E-state index is 0.0117. The number of aliphatic hydroxyl groups is 1. The molecule has 4 nitrogen and oxygen atoms in total. The van der Waals surface area contributed by atoms with Gasteiger partial charge in [0, 0.05) is 17.6 Å². The summed E-state index contributed by atoms with van der Waals surface area (Å²) in [6.45, 7) is 3.08. The highest BCUT2D eigenvalue weighted by Gasteiger charge is 2.61. The van der Waals surface area contributed by atoms with E-state index >= 15 is 0 Å². The van der Waals surface area contributed by atoms with E-state index in [1.54, 1.807) is 6.26 Å². The summed E-state index contributed by atoms with van der Waals surface area (Å²) in [5.74, 6) is 0.573. The Labute approximate surface area is 142 Å². The number of hydrogen-bond donors (Lipinski definition) is 1. The molecule has 3 aliphatic rings. The first-order valence-corrected chi connectivity index (χ1v) is 9.10. The molecule has 2 fully saturated rings. The summed E-state index contributed by atoms with van der Waals surface area (Å²) in [6.07, 6.45) is 11.5. The van der Waals surface area contributed by atoms with E-state index in [1.165, 1.54) is 5.56 Å². The normalized spacial score (nSPS) is 38.2. The van der Waals surface area contributed by atoms with Gasteiger partial charge in [-0.05, 0) is 67.4 Å². The molecule has 0 radical (unpaired) electrons. The van der Waals surface area contributed by atoms with E-state index < -0.39 is 0 Å². The molecule has 4 rings (SSSR count). The molecule has 0 bridgehead atoms. The Hall–Kier alpha value is -1.55. The Bertz CT molecular complexity index is 647. The Kier molecular flexibility index (Phi) is 3.83. The Morgan fingerprint density at radius 3 is 3.00 bits per heavy atom. The average Bonchev–Trinajstić information content (AvgIpc) is 3.22. The van der Waals surface area contributed by atoms with Crippen LogP contribution < -0.4 is 0 Å². The van der Waals surface area contributed by atoms with Crippen molar-refractivity contribution in [1.82, 2.24) is 0 Å². The van der Waals surface area contributed by atoms with Gasteiger partial charge >= 0.3 is 5.97 Å². The quantitative estimate of drug-likeness (QED) is 0.859. The molecule has 1 saturated carbocycles. The van der Waals surface area contributed by atoms with E-state index in [0.717, 1.165) is 44.1 Å². The van der Waals surface area contributed by atoms with Gasteiger partial charge in [-0.3, -0.25) is 0 Å². The number of esters is 1. The first-order valence-electron chi connectivity index (χ1n) is 9.10. The van der Waals surface area contributed by atoms with Crippen LogP contribution in [0.4, 0.5) is 0 Å². The van der Waals surface area contributed by atoms with Crippen molar-refractivity contribution >= 4 is 5.97 Å². The fraction of sp³-hybridized carbons (Fsp3) is 0.650. The number of aliphatic hydroxyl groups excluding tert-OH is 1.